The van der Waals surface area contributed by atoms with Crippen LogP contribution in [0.5, 0.6) is 0 Å². The zero-order chi connectivity index (χ0) is 19.2. The van der Waals surface area contributed by atoms with Crippen LogP contribution in [0.4, 0.5) is 0 Å². The van der Waals surface area contributed by atoms with E-state index in [1.165, 1.54) is 21.4 Å². The molecule has 0 saturated carbocycles. The lowest BCUT2D eigenvalue weighted by molar-refractivity contribution is 0.590. The molecule has 6 heteroatoms. The second-order valence-corrected chi connectivity index (χ2v) is 9.68. The van der Waals surface area contributed by atoms with Crippen LogP contribution in [0.25, 0.3) is 22.4 Å². The zero-order valence-corrected chi connectivity index (χ0v) is 18.2. The highest BCUT2D eigenvalue weighted by Crippen LogP contribution is 2.25. The Bertz CT molecular complexity index is 1220. The van der Waals surface area contributed by atoms with Crippen molar-refractivity contribution >= 4 is 45.0 Å². The van der Waals surface area contributed by atoms with Crippen LogP contribution < -0.4 is 10.1 Å². The number of halogens is 1. The van der Waals surface area contributed by atoms with Crippen molar-refractivity contribution in [2.45, 2.75) is 26.2 Å². The first-order valence-electron chi connectivity index (χ1n) is 8.59. The molecule has 4 aromatic rings. The van der Waals surface area contributed by atoms with E-state index in [4.69, 9.17) is 0 Å². The fourth-order valence-corrected chi connectivity index (χ4v) is 4.05. The highest BCUT2D eigenvalue weighted by atomic mass is 127. The summed E-state index contributed by atoms with van der Waals surface area (Å²) in [6.07, 6.45) is 1.89. The molecule has 0 N–H and O–H groups in total. The minimum absolute atomic E-state index is 0.100. The molecule has 0 amide bonds. The van der Waals surface area contributed by atoms with Gasteiger partial charge in [0.05, 0.1) is 4.53 Å². The van der Waals surface area contributed by atoms with Crippen LogP contribution >= 0.6 is 33.9 Å². The van der Waals surface area contributed by atoms with Gasteiger partial charge in [0.15, 0.2) is 5.82 Å². The summed E-state index contributed by atoms with van der Waals surface area (Å²) in [6, 6.07) is 16.3. The maximum atomic E-state index is 12.7. The maximum absolute atomic E-state index is 12.7. The smallest absolute Gasteiger partial charge is 0.266 e. The average molecular weight is 487 g/mol. The maximum Gasteiger partial charge on any atom is 0.291 e. The summed E-state index contributed by atoms with van der Waals surface area (Å²) in [6.45, 7) is 6.55. The molecule has 4 rings (SSSR count). The summed E-state index contributed by atoms with van der Waals surface area (Å²) >= 11 is 3.63. The molecule has 27 heavy (non-hydrogen) atoms. The van der Waals surface area contributed by atoms with Gasteiger partial charge in [0.2, 0.25) is 4.96 Å². The number of thiazole rings is 1. The van der Waals surface area contributed by atoms with Crippen molar-refractivity contribution in [3.63, 3.8) is 0 Å². The second-order valence-electron chi connectivity index (χ2n) is 7.42. The summed E-state index contributed by atoms with van der Waals surface area (Å²) in [7, 11) is 0. The summed E-state index contributed by atoms with van der Waals surface area (Å²) < 4.78 is 3.20. The van der Waals surface area contributed by atoms with Crippen molar-refractivity contribution in [2.75, 3.05) is 0 Å². The quantitative estimate of drug-likeness (QED) is 0.397. The van der Waals surface area contributed by atoms with Gasteiger partial charge in [-0.15, -0.1) is 5.10 Å². The van der Waals surface area contributed by atoms with Crippen molar-refractivity contribution in [1.82, 2.24) is 14.6 Å². The number of nitrogens with zero attached hydrogens (tertiary/aromatic N) is 3. The molecule has 136 valence electrons. The molecular formula is C21H18IN3OS. The van der Waals surface area contributed by atoms with Crippen molar-refractivity contribution < 1.29 is 0 Å². The van der Waals surface area contributed by atoms with Crippen molar-refractivity contribution in [1.29, 1.82) is 0 Å². The molecule has 4 nitrogen and oxygen atoms in total. The van der Waals surface area contributed by atoms with E-state index in [2.05, 4.69) is 65.6 Å². The Labute approximate surface area is 174 Å². The van der Waals surface area contributed by atoms with Gasteiger partial charge in [0.25, 0.3) is 5.56 Å². The largest absolute Gasteiger partial charge is 0.291 e. The molecule has 0 fully saturated rings. The molecule has 0 aliphatic heterocycles. The highest BCUT2D eigenvalue weighted by molar-refractivity contribution is 14.1. The highest BCUT2D eigenvalue weighted by Gasteiger charge is 2.15. The fourth-order valence-electron chi connectivity index (χ4n) is 2.79. The first-order valence-corrected chi connectivity index (χ1v) is 10.5. The molecule has 0 aliphatic carbocycles. The van der Waals surface area contributed by atoms with E-state index < -0.39 is 0 Å². The van der Waals surface area contributed by atoms with Crippen LogP contribution in [0.3, 0.4) is 0 Å². The lowest BCUT2D eigenvalue weighted by Gasteiger charge is -2.18. The minimum atomic E-state index is -0.126. The third kappa shape index (κ3) is 3.68. The lowest BCUT2D eigenvalue weighted by Crippen LogP contribution is -2.23. The minimum Gasteiger partial charge on any atom is -0.266 e. The topological polar surface area (TPSA) is 47.3 Å². The van der Waals surface area contributed by atoms with Gasteiger partial charge in [-0.1, -0.05) is 68.5 Å². The number of aromatic nitrogens is 3. The predicted molar refractivity (Wildman–Crippen MR) is 119 cm³/mol. The van der Waals surface area contributed by atoms with E-state index >= 15 is 0 Å². The first-order chi connectivity index (χ1) is 12.8. The van der Waals surface area contributed by atoms with E-state index in [0.29, 0.717) is 15.3 Å². The molecule has 0 unspecified atom stereocenters. The number of rotatable bonds is 2. The van der Waals surface area contributed by atoms with Gasteiger partial charge < -0.3 is 0 Å². The molecule has 0 bridgehead atoms. The Morgan fingerprint density at radius 2 is 1.70 bits per heavy atom. The van der Waals surface area contributed by atoms with Gasteiger partial charge >= 0.3 is 0 Å². The third-order valence-electron chi connectivity index (χ3n) is 4.36. The number of benzene rings is 2. The van der Waals surface area contributed by atoms with Gasteiger partial charge in [-0.3, -0.25) is 4.79 Å². The standard InChI is InChI=1S/C21H18IN3OS/c1-21(2,3)15-8-6-14(7-9-15)18-23-20-25(24-18)19(26)17(27-20)12-13-4-10-16(22)11-5-13/h4-12H,1-3H3/b17-12-. The Hall–Kier alpha value is -2.06. The molecule has 2 aromatic carbocycles. The molecule has 2 heterocycles. The van der Waals surface area contributed by atoms with Crippen LogP contribution in [0.2, 0.25) is 0 Å². The molecule has 2 aromatic heterocycles. The van der Waals surface area contributed by atoms with Crippen molar-refractivity contribution in [3.8, 4) is 11.4 Å². The summed E-state index contributed by atoms with van der Waals surface area (Å²) in [5, 5.41) is 4.43. The Kier molecular flexibility index (Phi) is 4.63. The van der Waals surface area contributed by atoms with Crippen molar-refractivity contribution in [2.24, 2.45) is 0 Å². The van der Waals surface area contributed by atoms with Gasteiger partial charge in [-0.25, -0.2) is 0 Å². The van der Waals surface area contributed by atoms with E-state index in [-0.39, 0.29) is 11.0 Å². The molecule has 0 atom stereocenters. The third-order valence-corrected chi connectivity index (χ3v) is 6.04. The molecular weight excluding hydrogens is 469 g/mol. The summed E-state index contributed by atoms with van der Waals surface area (Å²) in [4.78, 5) is 17.8. The Balaban J connectivity index is 1.72. The van der Waals surface area contributed by atoms with E-state index in [1.807, 2.05) is 42.5 Å². The van der Waals surface area contributed by atoms with Crippen LogP contribution in [0, 0.1) is 3.57 Å². The number of fused-ring (bicyclic) bond motifs is 1. The zero-order valence-electron chi connectivity index (χ0n) is 15.2. The molecule has 0 spiro atoms. The molecule has 0 radical (unpaired) electrons. The van der Waals surface area contributed by atoms with Crippen LogP contribution in [-0.2, 0) is 5.41 Å². The van der Waals surface area contributed by atoms with E-state index in [0.717, 1.165) is 14.7 Å². The van der Waals surface area contributed by atoms with Gasteiger partial charge in [0.1, 0.15) is 0 Å². The number of hydrogen-bond acceptors (Lipinski definition) is 4. The van der Waals surface area contributed by atoms with Crippen LogP contribution in [0.1, 0.15) is 31.9 Å². The Morgan fingerprint density at radius 3 is 2.30 bits per heavy atom. The van der Waals surface area contributed by atoms with Crippen LogP contribution in [-0.4, -0.2) is 14.6 Å². The van der Waals surface area contributed by atoms with Gasteiger partial charge in [-0.2, -0.15) is 9.50 Å². The van der Waals surface area contributed by atoms with Gasteiger partial charge in [0, 0.05) is 9.13 Å². The van der Waals surface area contributed by atoms with Crippen molar-refractivity contribution in [3.05, 3.63) is 78.1 Å². The summed E-state index contributed by atoms with van der Waals surface area (Å²) in [5.41, 5.74) is 3.14. The Morgan fingerprint density at radius 1 is 1.04 bits per heavy atom. The van der Waals surface area contributed by atoms with E-state index in [9.17, 15) is 4.79 Å². The second kappa shape index (κ2) is 6.83. The fraction of sp³-hybridized carbons (Fsp3) is 0.190. The van der Waals surface area contributed by atoms with E-state index in [1.54, 1.807) is 0 Å². The molecule has 0 saturated heterocycles. The lowest BCUT2D eigenvalue weighted by atomic mass is 9.87. The van der Waals surface area contributed by atoms with Crippen LogP contribution in [0.15, 0.2) is 53.3 Å². The predicted octanol–water partition coefficient (Wildman–Crippen LogP) is 4.27. The normalized spacial score (nSPS) is 12.8. The molecule has 0 aliphatic rings. The average Bonchev–Trinajstić information content (AvgIpc) is 3.16. The van der Waals surface area contributed by atoms with Gasteiger partial charge in [-0.05, 0) is 57.3 Å². The summed E-state index contributed by atoms with van der Waals surface area (Å²) in [5.74, 6) is 0.583. The first kappa shape index (κ1) is 18.3. The number of hydrogen-bond donors (Lipinski definition) is 0. The monoisotopic (exact) mass is 487 g/mol. The SMILES string of the molecule is CC(C)(C)c1ccc(-c2nc3s/c(=C\c4ccc(I)cc4)c(=O)n3n2)cc1.